The first kappa shape index (κ1) is 13.9. The average Bonchev–Trinajstić information content (AvgIpc) is 2.91. The number of hydrogen-bond acceptors (Lipinski definition) is 5. The van der Waals surface area contributed by atoms with Gasteiger partial charge >= 0.3 is 0 Å². The van der Waals surface area contributed by atoms with Gasteiger partial charge in [-0.2, -0.15) is 0 Å². The third kappa shape index (κ3) is 4.55. The zero-order valence-corrected chi connectivity index (χ0v) is 11.0. The number of aliphatic hydroxyl groups excluding tert-OH is 1. The molecular weight excluding hydrogens is 268 g/mol. The number of aromatic nitrogens is 1. The van der Waals surface area contributed by atoms with Crippen LogP contribution in [0.4, 0.5) is 0 Å². The molecule has 1 unspecified atom stereocenters. The Hall–Kier alpha value is -1.56. The lowest BCUT2D eigenvalue weighted by atomic mass is 10.3. The molecule has 2 aromatic rings. The van der Waals surface area contributed by atoms with Crippen LogP contribution < -0.4 is 10.1 Å². The van der Waals surface area contributed by atoms with E-state index >= 15 is 0 Å². The minimum Gasteiger partial charge on any atom is -0.489 e. The second-order valence-electron chi connectivity index (χ2n) is 4.02. The molecule has 0 bridgehead atoms. The van der Waals surface area contributed by atoms with Crippen LogP contribution in [0.5, 0.6) is 5.75 Å². The van der Waals surface area contributed by atoms with Crippen LogP contribution in [0.2, 0.25) is 5.02 Å². The van der Waals surface area contributed by atoms with E-state index in [-0.39, 0.29) is 6.61 Å². The molecule has 0 aliphatic heterocycles. The SMILES string of the molecule is OC(CNCc1ccon1)COc1ccccc1Cl. The number of rotatable bonds is 7. The maximum atomic E-state index is 9.76. The van der Waals surface area contributed by atoms with Crippen LogP contribution in [0, 0.1) is 0 Å². The quantitative estimate of drug-likeness (QED) is 0.811. The van der Waals surface area contributed by atoms with Gasteiger partial charge in [0.05, 0.1) is 10.7 Å². The summed E-state index contributed by atoms with van der Waals surface area (Å²) in [4.78, 5) is 0. The Balaban J connectivity index is 1.67. The molecule has 0 radical (unpaired) electrons. The molecule has 0 saturated carbocycles. The van der Waals surface area contributed by atoms with Gasteiger partial charge in [-0.05, 0) is 12.1 Å². The highest BCUT2D eigenvalue weighted by molar-refractivity contribution is 6.32. The van der Waals surface area contributed by atoms with Crippen molar-refractivity contribution in [3.05, 3.63) is 47.3 Å². The molecule has 2 rings (SSSR count). The molecule has 0 aliphatic carbocycles. The predicted molar refractivity (Wildman–Crippen MR) is 71.2 cm³/mol. The molecule has 1 aromatic carbocycles. The van der Waals surface area contributed by atoms with E-state index in [9.17, 15) is 5.11 Å². The first-order valence-corrected chi connectivity index (χ1v) is 6.29. The van der Waals surface area contributed by atoms with E-state index in [4.69, 9.17) is 20.9 Å². The number of nitrogens with one attached hydrogen (secondary N) is 1. The van der Waals surface area contributed by atoms with E-state index in [0.29, 0.717) is 23.9 Å². The summed E-state index contributed by atoms with van der Waals surface area (Å²) in [7, 11) is 0. The highest BCUT2D eigenvalue weighted by atomic mass is 35.5. The van der Waals surface area contributed by atoms with Crippen molar-refractivity contribution < 1.29 is 14.4 Å². The highest BCUT2D eigenvalue weighted by Crippen LogP contribution is 2.22. The van der Waals surface area contributed by atoms with Gasteiger partial charge in [0.25, 0.3) is 0 Å². The van der Waals surface area contributed by atoms with Crippen molar-refractivity contribution in [1.29, 1.82) is 0 Å². The van der Waals surface area contributed by atoms with Crippen molar-refractivity contribution in [3.8, 4) is 5.75 Å². The van der Waals surface area contributed by atoms with Gasteiger partial charge in [0, 0.05) is 19.2 Å². The Morgan fingerprint density at radius 1 is 1.37 bits per heavy atom. The normalized spacial score (nSPS) is 12.3. The summed E-state index contributed by atoms with van der Waals surface area (Å²) in [5, 5.41) is 17.1. The fraction of sp³-hybridized carbons (Fsp3) is 0.308. The van der Waals surface area contributed by atoms with Crippen LogP contribution in [0.15, 0.2) is 41.1 Å². The van der Waals surface area contributed by atoms with Crippen molar-refractivity contribution >= 4 is 11.6 Å². The van der Waals surface area contributed by atoms with E-state index < -0.39 is 6.10 Å². The van der Waals surface area contributed by atoms with Gasteiger partial charge < -0.3 is 19.7 Å². The molecule has 102 valence electrons. The molecule has 2 N–H and O–H groups in total. The van der Waals surface area contributed by atoms with Crippen molar-refractivity contribution in [2.24, 2.45) is 0 Å². The van der Waals surface area contributed by atoms with Crippen LogP contribution in [-0.2, 0) is 6.54 Å². The predicted octanol–water partition coefficient (Wildman–Crippen LogP) is 1.86. The topological polar surface area (TPSA) is 67.5 Å². The van der Waals surface area contributed by atoms with Gasteiger partial charge in [0.1, 0.15) is 24.7 Å². The maximum Gasteiger partial charge on any atom is 0.138 e. The molecule has 0 spiro atoms. The third-order valence-corrected chi connectivity index (χ3v) is 2.76. The molecule has 0 saturated heterocycles. The molecule has 0 fully saturated rings. The summed E-state index contributed by atoms with van der Waals surface area (Å²) in [6.07, 6.45) is 0.886. The van der Waals surface area contributed by atoms with Gasteiger partial charge in [0.2, 0.25) is 0 Å². The number of para-hydroxylation sites is 1. The molecule has 1 aromatic heterocycles. The summed E-state index contributed by atoms with van der Waals surface area (Å²) >= 11 is 5.94. The van der Waals surface area contributed by atoms with Gasteiger partial charge in [-0.3, -0.25) is 0 Å². The Morgan fingerprint density at radius 2 is 2.21 bits per heavy atom. The zero-order chi connectivity index (χ0) is 13.5. The first-order chi connectivity index (χ1) is 9.25. The summed E-state index contributed by atoms with van der Waals surface area (Å²) < 4.78 is 10.1. The molecular formula is C13H15ClN2O3. The summed E-state index contributed by atoms with van der Waals surface area (Å²) in [5.41, 5.74) is 0.791. The Kier molecular flexibility index (Phi) is 5.20. The number of hydrogen-bond donors (Lipinski definition) is 2. The largest absolute Gasteiger partial charge is 0.489 e. The minimum absolute atomic E-state index is 0.176. The van der Waals surface area contributed by atoms with E-state index in [1.165, 1.54) is 6.26 Å². The van der Waals surface area contributed by atoms with Crippen LogP contribution >= 0.6 is 11.6 Å². The Bertz CT molecular complexity index is 490. The zero-order valence-electron chi connectivity index (χ0n) is 10.3. The molecule has 19 heavy (non-hydrogen) atoms. The molecule has 1 atom stereocenters. The van der Waals surface area contributed by atoms with E-state index in [1.54, 1.807) is 18.2 Å². The van der Waals surface area contributed by atoms with E-state index in [0.717, 1.165) is 5.69 Å². The average molecular weight is 283 g/mol. The smallest absolute Gasteiger partial charge is 0.138 e. The molecule has 0 amide bonds. The van der Waals surface area contributed by atoms with Crippen LogP contribution in [0.3, 0.4) is 0 Å². The number of ether oxygens (including phenoxy) is 1. The van der Waals surface area contributed by atoms with Crippen molar-refractivity contribution in [2.75, 3.05) is 13.2 Å². The fourth-order valence-electron chi connectivity index (χ4n) is 1.50. The number of nitrogens with zero attached hydrogens (tertiary/aromatic N) is 1. The van der Waals surface area contributed by atoms with Crippen LogP contribution in [0.1, 0.15) is 5.69 Å². The standard InChI is InChI=1S/C13H15ClN2O3/c14-12-3-1-2-4-13(12)18-9-11(17)8-15-7-10-5-6-19-16-10/h1-6,11,15,17H,7-9H2. The van der Waals surface area contributed by atoms with Crippen molar-refractivity contribution in [2.45, 2.75) is 12.6 Å². The fourth-order valence-corrected chi connectivity index (χ4v) is 1.69. The second-order valence-corrected chi connectivity index (χ2v) is 4.42. The third-order valence-electron chi connectivity index (χ3n) is 2.45. The summed E-state index contributed by atoms with van der Waals surface area (Å²) in [6.45, 7) is 1.12. The monoisotopic (exact) mass is 282 g/mol. The van der Waals surface area contributed by atoms with Gasteiger partial charge in [-0.25, -0.2) is 0 Å². The highest BCUT2D eigenvalue weighted by Gasteiger charge is 2.07. The lowest BCUT2D eigenvalue weighted by molar-refractivity contribution is 0.106. The second kappa shape index (κ2) is 7.13. The van der Waals surface area contributed by atoms with Crippen molar-refractivity contribution in [1.82, 2.24) is 10.5 Å². The molecule has 0 aliphatic rings. The lowest BCUT2D eigenvalue weighted by Crippen LogP contribution is -2.31. The number of aliphatic hydroxyl groups is 1. The minimum atomic E-state index is -0.622. The molecule has 6 heteroatoms. The van der Waals surface area contributed by atoms with E-state index in [1.807, 2.05) is 12.1 Å². The van der Waals surface area contributed by atoms with E-state index in [2.05, 4.69) is 10.5 Å². The number of halogens is 1. The van der Waals surface area contributed by atoms with Crippen LogP contribution in [0.25, 0.3) is 0 Å². The van der Waals surface area contributed by atoms with Gasteiger partial charge in [-0.1, -0.05) is 28.9 Å². The van der Waals surface area contributed by atoms with Gasteiger partial charge in [0.15, 0.2) is 0 Å². The lowest BCUT2D eigenvalue weighted by Gasteiger charge is -2.13. The molecule has 1 heterocycles. The summed E-state index contributed by atoms with van der Waals surface area (Å²) in [5.74, 6) is 0.569. The Labute approximate surface area is 116 Å². The first-order valence-electron chi connectivity index (χ1n) is 5.91. The van der Waals surface area contributed by atoms with Crippen LogP contribution in [-0.4, -0.2) is 29.5 Å². The maximum absolute atomic E-state index is 9.76. The summed E-state index contributed by atoms with van der Waals surface area (Å²) in [6, 6.07) is 8.92. The van der Waals surface area contributed by atoms with Crippen molar-refractivity contribution in [3.63, 3.8) is 0 Å². The number of benzene rings is 1. The molecule has 5 nitrogen and oxygen atoms in total. The Morgan fingerprint density at radius 3 is 2.95 bits per heavy atom. The van der Waals surface area contributed by atoms with Gasteiger partial charge in [-0.15, -0.1) is 0 Å².